The predicted octanol–water partition coefficient (Wildman–Crippen LogP) is 2.15. The average Bonchev–Trinajstić information content (AvgIpc) is 3.16. The number of aromatic nitrogens is 2. The van der Waals surface area contributed by atoms with E-state index < -0.39 is 23.9 Å². The van der Waals surface area contributed by atoms with E-state index in [4.69, 9.17) is 14.0 Å². The number of nitrogens with zero attached hydrogens (tertiary/aromatic N) is 1. The largest absolute Gasteiger partial charge is 0.465 e. The Labute approximate surface area is 150 Å². The zero-order valence-corrected chi connectivity index (χ0v) is 15.3. The van der Waals surface area contributed by atoms with Crippen molar-refractivity contribution in [3.8, 4) is 0 Å². The number of carbonyl (C=O) groups is 3. The van der Waals surface area contributed by atoms with Gasteiger partial charge in [0.1, 0.15) is 11.5 Å². The van der Waals surface area contributed by atoms with Crippen LogP contribution < -0.4 is 5.32 Å². The third-order valence-electron chi connectivity index (χ3n) is 3.81. The first kappa shape index (κ1) is 19.2. The molecule has 0 fully saturated rings. The van der Waals surface area contributed by atoms with Gasteiger partial charge in [0.2, 0.25) is 0 Å². The van der Waals surface area contributed by atoms with E-state index in [0.717, 1.165) is 0 Å². The van der Waals surface area contributed by atoms with Gasteiger partial charge < -0.3 is 24.3 Å². The minimum absolute atomic E-state index is 0.110. The van der Waals surface area contributed by atoms with Gasteiger partial charge in [0.15, 0.2) is 11.9 Å². The number of esters is 2. The number of hydrogen-bond donors (Lipinski definition) is 2. The number of methoxy groups -OCH3 is 1. The zero-order valence-electron chi connectivity index (χ0n) is 15.3. The molecule has 0 bridgehead atoms. The lowest BCUT2D eigenvalue weighted by Gasteiger charge is -2.12. The van der Waals surface area contributed by atoms with Crippen LogP contribution in [0.1, 0.15) is 51.7 Å². The predicted molar refractivity (Wildman–Crippen MR) is 91.0 cm³/mol. The van der Waals surface area contributed by atoms with Crippen molar-refractivity contribution < 1.29 is 28.4 Å². The molecule has 0 aliphatic rings. The Morgan fingerprint density at radius 1 is 1.31 bits per heavy atom. The molecule has 26 heavy (non-hydrogen) atoms. The van der Waals surface area contributed by atoms with Crippen molar-refractivity contribution in [1.82, 2.24) is 10.1 Å². The Morgan fingerprint density at radius 3 is 2.54 bits per heavy atom. The number of nitrogens with one attached hydrogen (secondary N) is 2. The number of rotatable bonds is 6. The summed E-state index contributed by atoms with van der Waals surface area (Å²) in [5, 5.41) is 6.12. The number of carbonyl (C=O) groups excluding carboxylic acids is 3. The summed E-state index contributed by atoms with van der Waals surface area (Å²) < 4.78 is 14.8. The number of amides is 1. The first-order valence-corrected chi connectivity index (χ1v) is 8.03. The Hall–Kier alpha value is -3.10. The van der Waals surface area contributed by atoms with Crippen LogP contribution in [0.25, 0.3) is 0 Å². The summed E-state index contributed by atoms with van der Waals surface area (Å²) in [6.07, 6.45) is -0.575. The summed E-state index contributed by atoms with van der Waals surface area (Å²) in [6.45, 7) is 6.56. The molecule has 0 spiro atoms. The number of hydrogen-bond acceptors (Lipinski definition) is 7. The van der Waals surface area contributed by atoms with Gasteiger partial charge in [-0.15, -0.1) is 0 Å². The molecule has 1 atom stereocenters. The standard InChI is InChI=1S/C17H21N3O6/c1-6-11-13(16(22)24-5)9(3)14(18-11)17(23)25-10(4)15(21)19-12-7-8(2)26-20-12/h7,10,18H,6H2,1-5H3,(H,19,20,21)/t10-/m0/s1. The Bertz CT molecular complexity index is 836. The minimum Gasteiger partial charge on any atom is -0.465 e. The summed E-state index contributed by atoms with van der Waals surface area (Å²) in [6, 6.07) is 1.54. The second-order valence-electron chi connectivity index (χ2n) is 5.68. The molecule has 2 heterocycles. The highest BCUT2D eigenvalue weighted by atomic mass is 16.5. The monoisotopic (exact) mass is 363 g/mol. The van der Waals surface area contributed by atoms with E-state index in [1.807, 2.05) is 6.92 Å². The molecule has 2 rings (SSSR count). The molecule has 2 aromatic rings. The van der Waals surface area contributed by atoms with Crippen molar-refractivity contribution in [2.45, 2.75) is 40.2 Å². The molecule has 0 aliphatic carbocycles. The second-order valence-corrected chi connectivity index (χ2v) is 5.68. The van der Waals surface area contributed by atoms with E-state index in [1.165, 1.54) is 20.1 Å². The van der Waals surface area contributed by atoms with Crippen LogP contribution in [-0.4, -0.2) is 41.2 Å². The van der Waals surface area contributed by atoms with Crippen LogP contribution in [0.2, 0.25) is 0 Å². The molecule has 0 unspecified atom stereocenters. The van der Waals surface area contributed by atoms with Crippen LogP contribution in [0, 0.1) is 13.8 Å². The lowest BCUT2D eigenvalue weighted by molar-refractivity contribution is -0.123. The maximum absolute atomic E-state index is 12.4. The number of ether oxygens (including phenoxy) is 2. The van der Waals surface area contributed by atoms with Gasteiger partial charge in [-0.3, -0.25) is 4.79 Å². The van der Waals surface area contributed by atoms with Crippen LogP contribution in [-0.2, 0) is 20.7 Å². The highest BCUT2D eigenvalue weighted by molar-refractivity contribution is 6.00. The zero-order chi connectivity index (χ0) is 19.4. The van der Waals surface area contributed by atoms with Crippen molar-refractivity contribution >= 4 is 23.7 Å². The number of anilines is 1. The molecule has 0 aromatic carbocycles. The van der Waals surface area contributed by atoms with E-state index in [2.05, 4.69) is 15.5 Å². The molecule has 2 N–H and O–H groups in total. The van der Waals surface area contributed by atoms with Crippen LogP contribution in [0.15, 0.2) is 10.6 Å². The topological polar surface area (TPSA) is 124 Å². The number of aryl methyl sites for hydroxylation is 2. The third-order valence-corrected chi connectivity index (χ3v) is 3.81. The van der Waals surface area contributed by atoms with E-state index in [1.54, 1.807) is 13.8 Å². The second kappa shape index (κ2) is 7.85. The maximum Gasteiger partial charge on any atom is 0.355 e. The van der Waals surface area contributed by atoms with Crippen molar-refractivity contribution in [2.24, 2.45) is 0 Å². The summed E-state index contributed by atoms with van der Waals surface area (Å²) >= 11 is 0. The first-order valence-electron chi connectivity index (χ1n) is 8.03. The quantitative estimate of drug-likeness (QED) is 0.754. The van der Waals surface area contributed by atoms with Crippen LogP contribution in [0.5, 0.6) is 0 Å². The molecular weight excluding hydrogens is 342 g/mol. The van der Waals surface area contributed by atoms with Crippen molar-refractivity contribution in [3.05, 3.63) is 34.3 Å². The Balaban J connectivity index is 2.12. The van der Waals surface area contributed by atoms with Gasteiger partial charge in [0, 0.05) is 11.8 Å². The molecule has 140 valence electrons. The summed E-state index contributed by atoms with van der Waals surface area (Å²) in [7, 11) is 1.27. The summed E-state index contributed by atoms with van der Waals surface area (Å²) in [5.41, 5.74) is 1.39. The summed E-state index contributed by atoms with van der Waals surface area (Å²) in [4.78, 5) is 39.3. The number of aromatic amines is 1. The fraction of sp³-hybridized carbons (Fsp3) is 0.412. The van der Waals surface area contributed by atoms with Gasteiger partial charge in [-0.1, -0.05) is 12.1 Å². The van der Waals surface area contributed by atoms with E-state index in [0.29, 0.717) is 29.0 Å². The highest BCUT2D eigenvalue weighted by Gasteiger charge is 2.27. The van der Waals surface area contributed by atoms with E-state index >= 15 is 0 Å². The molecule has 1 amide bonds. The first-order chi connectivity index (χ1) is 12.3. The molecule has 9 nitrogen and oxygen atoms in total. The molecule has 0 radical (unpaired) electrons. The lowest BCUT2D eigenvalue weighted by Crippen LogP contribution is -2.30. The molecule has 0 saturated carbocycles. The third kappa shape index (κ3) is 3.93. The lowest BCUT2D eigenvalue weighted by atomic mass is 10.1. The summed E-state index contributed by atoms with van der Waals surface area (Å²) in [5.74, 6) is -1.07. The smallest absolute Gasteiger partial charge is 0.355 e. The van der Waals surface area contributed by atoms with Crippen LogP contribution in [0.4, 0.5) is 5.82 Å². The van der Waals surface area contributed by atoms with Gasteiger partial charge in [-0.25, -0.2) is 9.59 Å². The molecule has 2 aromatic heterocycles. The van der Waals surface area contributed by atoms with Crippen LogP contribution >= 0.6 is 0 Å². The molecule has 0 aliphatic heterocycles. The fourth-order valence-electron chi connectivity index (χ4n) is 2.43. The van der Waals surface area contributed by atoms with Gasteiger partial charge in [-0.05, 0) is 32.8 Å². The highest BCUT2D eigenvalue weighted by Crippen LogP contribution is 2.21. The molecular formula is C17H21N3O6. The maximum atomic E-state index is 12.4. The van der Waals surface area contributed by atoms with Crippen molar-refractivity contribution in [3.63, 3.8) is 0 Å². The minimum atomic E-state index is -1.08. The van der Waals surface area contributed by atoms with Gasteiger partial charge in [0.05, 0.1) is 12.7 Å². The fourth-order valence-corrected chi connectivity index (χ4v) is 2.43. The number of H-pyrrole nitrogens is 1. The van der Waals surface area contributed by atoms with E-state index in [-0.39, 0.29) is 11.5 Å². The van der Waals surface area contributed by atoms with E-state index in [9.17, 15) is 14.4 Å². The Morgan fingerprint density at radius 2 is 2.00 bits per heavy atom. The van der Waals surface area contributed by atoms with Crippen molar-refractivity contribution in [2.75, 3.05) is 12.4 Å². The molecule has 0 saturated heterocycles. The van der Waals surface area contributed by atoms with Gasteiger partial charge in [0.25, 0.3) is 5.91 Å². The van der Waals surface area contributed by atoms with Gasteiger partial charge in [-0.2, -0.15) is 0 Å². The molecule has 9 heteroatoms. The van der Waals surface area contributed by atoms with Crippen molar-refractivity contribution in [1.29, 1.82) is 0 Å². The Kier molecular flexibility index (Phi) is 5.81. The normalized spacial score (nSPS) is 11.7. The van der Waals surface area contributed by atoms with Crippen LogP contribution in [0.3, 0.4) is 0 Å². The van der Waals surface area contributed by atoms with Gasteiger partial charge >= 0.3 is 11.9 Å². The SMILES string of the molecule is CCc1[nH]c(C(=O)O[C@@H](C)C(=O)Nc2cc(C)on2)c(C)c1C(=O)OC. The average molecular weight is 363 g/mol.